The average Bonchev–Trinajstić information content (AvgIpc) is 3.51. The Morgan fingerprint density at radius 2 is 1.79 bits per heavy atom. The molecule has 1 unspecified atom stereocenters. The van der Waals surface area contributed by atoms with Gasteiger partial charge in [0, 0.05) is 17.9 Å². The van der Waals surface area contributed by atoms with Crippen LogP contribution in [0.15, 0.2) is 30.5 Å². The number of anilines is 1. The Labute approximate surface area is 195 Å². The fourth-order valence-corrected chi connectivity index (χ4v) is 4.84. The quantitative estimate of drug-likeness (QED) is 0.624. The minimum absolute atomic E-state index is 0.00967. The number of benzene rings is 1. The molecule has 0 radical (unpaired) electrons. The molecule has 1 saturated heterocycles. The molecule has 8 heteroatoms. The summed E-state index contributed by atoms with van der Waals surface area (Å²) in [7, 11) is 0. The maximum Gasteiger partial charge on any atom is 0.249 e. The van der Waals surface area contributed by atoms with Crippen molar-refractivity contribution in [1.29, 1.82) is 0 Å². The fourth-order valence-electron chi connectivity index (χ4n) is 4.84. The Kier molecular flexibility index (Phi) is 7.12. The molecule has 1 saturated carbocycles. The maximum absolute atomic E-state index is 13.8. The summed E-state index contributed by atoms with van der Waals surface area (Å²) in [5.41, 5.74) is 2.29. The van der Waals surface area contributed by atoms with Crippen molar-refractivity contribution in [1.82, 2.24) is 26.0 Å². The van der Waals surface area contributed by atoms with Crippen molar-refractivity contribution in [2.24, 2.45) is 0 Å². The zero-order chi connectivity index (χ0) is 23.4. The molecule has 1 aromatic carbocycles. The molecule has 3 N–H and O–H groups in total. The fraction of sp³-hybridized carbons (Fsp3) is 0.600. The first kappa shape index (κ1) is 23.4. The first-order chi connectivity index (χ1) is 15.8. The molecule has 2 aliphatic rings. The number of rotatable bonds is 6. The van der Waals surface area contributed by atoms with E-state index in [0.29, 0.717) is 11.4 Å². The molecule has 1 aromatic heterocycles. The molecule has 2 fully saturated rings. The number of aromatic nitrogens is 3. The lowest BCUT2D eigenvalue weighted by Crippen LogP contribution is -2.51. The van der Waals surface area contributed by atoms with Gasteiger partial charge in [0.15, 0.2) is 6.04 Å². The van der Waals surface area contributed by atoms with Crippen molar-refractivity contribution in [2.45, 2.75) is 89.3 Å². The Hall–Kier alpha value is -2.74. The molecule has 0 bridgehead atoms. The van der Waals surface area contributed by atoms with Gasteiger partial charge in [-0.3, -0.25) is 19.6 Å². The van der Waals surface area contributed by atoms with Gasteiger partial charge in [-0.05, 0) is 55.3 Å². The number of carbonyl (C=O) groups is 2. The maximum atomic E-state index is 13.8. The predicted molar refractivity (Wildman–Crippen MR) is 128 cm³/mol. The molecular formula is C25H36N6O2. The summed E-state index contributed by atoms with van der Waals surface area (Å²) in [6.45, 7) is 7.27. The van der Waals surface area contributed by atoms with Crippen LogP contribution in [0.5, 0.6) is 0 Å². The third kappa shape index (κ3) is 5.43. The van der Waals surface area contributed by atoms with E-state index in [1.54, 1.807) is 11.1 Å². The Balaban J connectivity index is 1.71. The topological polar surface area (TPSA) is 103 Å². The van der Waals surface area contributed by atoms with E-state index in [4.69, 9.17) is 0 Å². The second-order valence-corrected chi connectivity index (χ2v) is 10.3. The van der Waals surface area contributed by atoms with Crippen LogP contribution in [0.25, 0.3) is 0 Å². The summed E-state index contributed by atoms with van der Waals surface area (Å²) in [4.78, 5) is 29.1. The SMILES string of the molecule is CC(C)(C)c1ccc(N(C(=O)[C@H]2CCCN2)C(C(=O)NC2CCCCC2)c2c[nH]nn2)cc1. The predicted octanol–water partition coefficient (Wildman–Crippen LogP) is 3.38. The number of H-pyrrole nitrogens is 1. The largest absolute Gasteiger partial charge is 0.351 e. The Bertz CT molecular complexity index is 923. The normalized spacial score (nSPS) is 20.4. The molecule has 2 atom stereocenters. The van der Waals surface area contributed by atoms with Crippen LogP contribution in [0, 0.1) is 0 Å². The van der Waals surface area contributed by atoms with Gasteiger partial charge in [0.2, 0.25) is 11.8 Å². The van der Waals surface area contributed by atoms with Gasteiger partial charge in [0.05, 0.1) is 6.04 Å². The van der Waals surface area contributed by atoms with E-state index in [0.717, 1.165) is 45.1 Å². The minimum Gasteiger partial charge on any atom is -0.351 e. The third-order valence-electron chi connectivity index (χ3n) is 6.78. The van der Waals surface area contributed by atoms with Gasteiger partial charge in [0.1, 0.15) is 5.69 Å². The Morgan fingerprint density at radius 1 is 1.06 bits per heavy atom. The first-order valence-electron chi connectivity index (χ1n) is 12.2. The number of hydrogen-bond donors (Lipinski definition) is 3. The van der Waals surface area contributed by atoms with E-state index < -0.39 is 6.04 Å². The Morgan fingerprint density at radius 3 is 2.36 bits per heavy atom. The zero-order valence-corrected chi connectivity index (χ0v) is 19.9. The van der Waals surface area contributed by atoms with Crippen LogP contribution in [0.1, 0.15) is 83.0 Å². The van der Waals surface area contributed by atoms with Crippen molar-refractivity contribution in [3.8, 4) is 0 Å². The third-order valence-corrected chi connectivity index (χ3v) is 6.78. The van der Waals surface area contributed by atoms with Crippen molar-refractivity contribution < 1.29 is 9.59 Å². The van der Waals surface area contributed by atoms with Gasteiger partial charge >= 0.3 is 0 Å². The molecule has 1 aliphatic heterocycles. The van der Waals surface area contributed by atoms with Crippen LogP contribution in [0.3, 0.4) is 0 Å². The van der Waals surface area contributed by atoms with Crippen LogP contribution in [-0.4, -0.2) is 45.9 Å². The summed E-state index contributed by atoms with van der Waals surface area (Å²) in [5.74, 6) is -0.315. The second kappa shape index (κ2) is 10.0. The highest BCUT2D eigenvalue weighted by molar-refractivity contribution is 6.03. The van der Waals surface area contributed by atoms with E-state index in [1.807, 2.05) is 24.3 Å². The van der Waals surface area contributed by atoms with E-state index in [-0.39, 0.29) is 29.3 Å². The van der Waals surface area contributed by atoms with Crippen molar-refractivity contribution in [3.63, 3.8) is 0 Å². The monoisotopic (exact) mass is 452 g/mol. The summed E-state index contributed by atoms with van der Waals surface area (Å²) < 4.78 is 0. The summed E-state index contributed by atoms with van der Waals surface area (Å²) >= 11 is 0. The van der Waals surface area contributed by atoms with Gasteiger partial charge in [-0.15, -0.1) is 5.10 Å². The van der Waals surface area contributed by atoms with Crippen LogP contribution in [0.2, 0.25) is 0 Å². The summed E-state index contributed by atoms with van der Waals surface area (Å²) in [6.07, 6.45) is 8.67. The lowest BCUT2D eigenvalue weighted by atomic mass is 9.87. The van der Waals surface area contributed by atoms with Gasteiger partial charge < -0.3 is 10.6 Å². The van der Waals surface area contributed by atoms with Crippen LogP contribution >= 0.6 is 0 Å². The number of nitrogens with zero attached hydrogens (tertiary/aromatic N) is 3. The summed E-state index contributed by atoms with van der Waals surface area (Å²) in [5, 5.41) is 17.2. The highest BCUT2D eigenvalue weighted by Crippen LogP contribution is 2.32. The molecule has 2 aromatic rings. The number of carbonyl (C=O) groups excluding carboxylic acids is 2. The number of hydrogen-bond acceptors (Lipinski definition) is 5. The van der Waals surface area contributed by atoms with Gasteiger partial charge in [-0.25, -0.2) is 0 Å². The number of nitrogens with one attached hydrogen (secondary N) is 3. The molecule has 33 heavy (non-hydrogen) atoms. The molecule has 2 heterocycles. The van der Waals surface area contributed by atoms with Gasteiger partial charge in [0.25, 0.3) is 0 Å². The lowest BCUT2D eigenvalue weighted by molar-refractivity contribution is -0.128. The molecular weight excluding hydrogens is 416 g/mol. The zero-order valence-electron chi connectivity index (χ0n) is 19.9. The van der Waals surface area contributed by atoms with E-state index in [9.17, 15) is 9.59 Å². The lowest BCUT2D eigenvalue weighted by Gasteiger charge is -2.34. The average molecular weight is 453 g/mol. The smallest absolute Gasteiger partial charge is 0.249 e. The molecule has 2 amide bonds. The first-order valence-corrected chi connectivity index (χ1v) is 12.2. The highest BCUT2D eigenvalue weighted by atomic mass is 16.2. The van der Waals surface area contributed by atoms with Crippen molar-refractivity contribution >= 4 is 17.5 Å². The van der Waals surface area contributed by atoms with Crippen molar-refractivity contribution in [2.75, 3.05) is 11.4 Å². The second-order valence-electron chi connectivity index (χ2n) is 10.3. The van der Waals surface area contributed by atoms with E-state index in [1.165, 1.54) is 12.0 Å². The molecule has 0 spiro atoms. The van der Waals surface area contributed by atoms with E-state index >= 15 is 0 Å². The molecule has 178 valence electrons. The van der Waals surface area contributed by atoms with Gasteiger partial charge in [-0.2, -0.15) is 0 Å². The van der Waals surface area contributed by atoms with Gasteiger partial charge in [-0.1, -0.05) is 57.4 Å². The van der Waals surface area contributed by atoms with Crippen molar-refractivity contribution in [3.05, 3.63) is 41.7 Å². The summed E-state index contributed by atoms with van der Waals surface area (Å²) in [6, 6.07) is 6.88. The number of amides is 2. The standard InChI is InChI=1S/C25H36N6O2/c1-25(2,3)17-11-13-19(14-12-17)31(24(33)20-10-7-15-26-20)22(21-16-27-30-29-21)23(32)28-18-8-5-4-6-9-18/h11-14,16,18,20,22,26H,4-10,15H2,1-3H3,(H,28,32)(H,27,29,30)/t20-,22?/m1/s1. The van der Waals surface area contributed by atoms with E-state index in [2.05, 4.69) is 46.8 Å². The minimum atomic E-state index is -0.888. The molecule has 8 nitrogen and oxygen atoms in total. The van der Waals surface area contributed by atoms with Crippen LogP contribution < -0.4 is 15.5 Å². The van der Waals surface area contributed by atoms with Crippen LogP contribution in [-0.2, 0) is 15.0 Å². The number of aromatic amines is 1. The molecule has 4 rings (SSSR count). The highest BCUT2D eigenvalue weighted by Gasteiger charge is 2.39. The molecule has 1 aliphatic carbocycles. The van der Waals surface area contributed by atoms with Crippen LogP contribution in [0.4, 0.5) is 5.69 Å².